The summed E-state index contributed by atoms with van der Waals surface area (Å²) in [6.07, 6.45) is 0. The lowest BCUT2D eigenvalue weighted by Gasteiger charge is -2.19. The van der Waals surface area contributed by atoms with Crippen molar-refractivity contribution in [2.24, 2.45) is 0 Å². The van der Waals surface area contributed by atoms with Crippen molar-refractivity contribution in [1.29, 1.82) is 0 Å². The number of ether oxygens (including phenoxy) is 1. The summed E-state index contributed by atoms with van der Waals surface area (Å²) in [5.41, 5.74) is 5.54. The van der Waals surface area contributed by atoms with Crippen LogP contribution in [-0.4, -0.2) is 61.9 Å². The molecule has 196 valence electrons. The first kappa shape index (κ1) is 26.6. The van der Waals surface area contributed by atoms with E-state index in [1.165, 1.54) is 0 Å². The van der Waals surface area contributed by atoms with Crippen LogP contribution >= 0.6 is 0 Å². The highest BCUT2D eigenvalue weighted by Gasteiger charge is 2.29. The van der Waals surface area contributed by atoms with Crippen LogP contribution in [0.25, 0.3) is 11.3 Å². The SMILES string of the molecule is CCOC(=O)c1ccc2c(c1)NC(=O)/C2=C(\Nc1ccc(CN(C)CC(=O)N(C)C)cc1)c1ccccc1. The summed E-state index contributed by atoms with van der Waals surface area (Å²) >= 11 is 0. The molecule has 0 aromatic heterocycles. The number of nitrogens with one attached hydrogen (secondary N) is 2. The standard InChI is InChI=1S/C30H32N4O4/c1-5-38-30(37)22-13-16-24-25(17-22)32-29(36)27(24)28(21-9-7-6-8-10-21)31-23-14-11-20(12-15-23)18-34(4)19-26(35)33(2)3/h6-17,31H,5,18-19H2,1-4H3,(H,32,36)/b28-27-. The lowest BCUT2D eigenvalue weighted by atomic mass is 9.99. The molecule has 2 N–H and O–H groups in total. The van der Waals surface area contributed by atoms with Gasteiger partial charge >= 0.3 is 5.97 Å². The van der Waals surface area contributed by atoms with E-state index < -0.39 is 5.97 Å². The number of hydrogen-bond donors (Lipinski definition) is 2. The summed E-state index contributed by atoms with van der Waals surface area (Å²) in [6.45, 7) is 3.00. The first-order chi connectivity index (χ1) is 18.3. The number of hydrogen-bond acceptors (Lipinski definition) is 6. The van der Waals surface area contributed by atoms with Crippen LogP contribution in [0.4, 0.5) is 11.4 Å². The lowest BCUT2D eigenvalue weighted by molar-refractivity contribution is -0.129. The van der Waals surface area contributed by atoms with Crippen LogP contribution in [0.5, 0.6) is 0 Å². The number of anilines is 2. The van der Waals surface area contributed by atoms with Crippen molar-refractivity contribution in [2.75, 3.05) is 44.9 Å². The van der Waals surface area contributed by atoms with Crippen LogP contribution in [0.1, 0.15) is 34.0 Å². The van der Waals surface area contributed by atoms with Gasteiger partial charge in [0.1, 0.15) is 0 Å². The van der Waals surface area contributed by atoms with Crippen LogP contribution in [0.3, 0.4) is 0 Å². The van der Waals surface area contributed by atoms with Gasteiger partial charge in [-0.3, -0.25) is 14.5 Å². The number of amides is 2. The summed E-state index contributed by atoms with van der Waals surface area (Å²) in [5.74, 6) is -0.634. The lowest BCUT2D eigenvalue weighted by Crippen LogP contribution is -2.34. The van der Waals surface area contributed by atoms with E-state index in [9.17, 15) is 14.4 Å². The van der Waals surface area contributed by atoms with Crippen LogP contribution in [0.15, 0.2) is 72.8 Å². The van der Waals surface area contributed by atoms with Gasteiger partial charge in [-0.15, -0.1) is 0 Å². The van der Waals surface area contributed by atoms with E-state index in [-0.39, 0.29) is 18.4 Å². The normalized spacial score (nSPS) is 13.6. The number of carbonyl (C=O) groups excluding carboxylic acids is 3. The molecule has 1 aliphatic heterocycles. The number of fused-ring (bicyclic) bond motifs is 1. The Labute approximate surface area is 222 Å². The topological polar surface area (TPSA) is 91.0 Å². The van der Waals surface area contributed by atoms with Crippen molar-refractivity contribution in [3.63, 3.8) is 0 Å². The van der Waals surface area contributed by atoms with Gasteiger partial charge in [-0.2, -0.15) is 0 Å². The highest BCUT2D eigenvalue weighted by molar-refractivity contribution is 6.37. The molecule has 0 bridgehead atoms. The van der Waals surface area contributed by atoms with Gasteiger partial charge in [-0.1, -0.05) is 48.5 Å². The molecule has 8 heteroatoms. The largest absolute Gasteiger partial charge is 0.462 e. The molecule has 0 spiro atoms. The molecular formula is C30H32N4O4. The van der Waals surface area contributed by atoms with Gasteiger partial charge in [0.25, 0.3) is 5.91 Å². The molecule has 0 unspecified atom stereocenters. The quantitative estimate of drug-likeness (QED) is 0.328. The predicted octanol–water partition coefficient (Wildman–Crippen LogP) is 4.32. The molecule has 0 fully saturated rings. The average molecular weight is 513 g/mol. The average Bonchev–Trinajstić information content (AvgIpc) is 3.23. The maximum absolute atomic E-state index is 13.2. The second-order valence-corrected chi connectivity index (χ2v) is 9.33. The fraction of sp³-hybridized carbons (Fsp3) is 0.233. The first-order valence-electron chi connectivity index (χ1n) is 12.4. The summed E-state index contributed by atoms with van der Waals surface area (Å²) in [4.78, 5) is 40.9. The van der Waals surface area contributed by atoms with Gasteiger partial charge in [0.15, 0.2) is 0 Å². The Morgan fingerprint density at radius 3 is 2.29 bits per heavy atom. The van der Waals surface area contributed by atoms with Crippen LogP contribution in [-0.2, 0) is 20.9 Å². The minimum Gasteiger partial charge on any atom is -0.462 e. The number of esters is 1. The van der Waals surface area contributed by atoms with E-state index >= 15 is 0 Å². The third-order valence-corrected chi connectivity index (χ3v) is 6.17. The molecule has 4 rings (SSSR count). The van der Waals surface area contributed by atoms with Crippen molar-refractivity contribution in [2.45, 2.75) is 13.5 Å². The van der Waals surface area contributed by atoms with Gasteiger partial charge in [0.05, 0.1) is 35.7 Å². The van der Waals surface area contributed by atoms with Gasteiger partial charge < -0.3 is 20.3 Å². The zero-order valence-electron chi connectivity index (χ0n) is 22.1. The molecule has 0 radical (unpaired) electrons. The number of likely N-dealkylation sites (N-methyl/N-ethyl adjacent to an activating group) is 2. The van der Waals surface area contributed by atoms with Crippen LogP contribution < -0.4 is 10.6 Å². The summed E-state index contributed by atoms with van der Waals surface area (Å²) in [7, 11) is 5.41. The number of benzene rings is 3. The fourth-order valence-electron chi connectivity index (χ4n) is 4.22. The molecule has 1 heterocycles. The van der Waals surface area contributed by atoms with Gasteiger partial charge in [0.2, 0.25) is 5.91 Å². The van der Waals surface area contributed by atoms with Crippen LogP contribution in [0.2, 0.25) is 0 Å². The maximum atomic E-state index is 13.2. The molecule has 0 atom stereocenters. The molecule has 0 aliphatic carbocycles. The molecule has 3 aromatic carbocycles. The fourth-order valence-corrected chi connectivity index (χ4v) is 4.22. The van der Waals surface area contributed by atoms with Crippen molar-refractivity contribution in [3.8, 4) is 0 Å². The molecule has 38 heavy (non-hydrogen) atoms. The highest BCUT2D eigenvalue weighted by atomic mass is 16.5. The molecule has 2 amide bonds. The number of nitrogens with zero attached hydrogens (tertiary/aromatic N) is 2. The van der Waals surface area contributed by atoms with Crippen LogP contribution in [0, 0.1) is 0 Å². The smallest absolute Gasteiger partial charge is 0.338 e. The maximum Gasteiger partial charge on any atom is 0.338 e. The predicted molar refractivity (Wildman–Crippen MR) is 149 cm³/mol. The zero-order valence-corrected chi connectivity index (χ0v) is 22.1. The molecular weight excluding hydrogens is 480 g/mol. The summed E-state index contributed by atoms with van der Waals surface area (Å²) in [5, 5.41) is 6.34. The Morgan fingerprint density at radius 1 is 0.921 bits per heavy atom. The van der Waals surface area contributed by atoms with E-state index in [1.54, 1.807) is 44.1 Å². The van der Waals surface area contributed by atoms with Gasteiger partial charge in [-0.05, 0) is 49.4 Å². The molecule has 8 nitrogen and oxygen atoms in total. The van der Waals surface area contributed by atoms with E-state index in [0.717, 1.165) is 16.8 Å². The van der Waals surface area contributed by atoms with E-state index in [2.05, 4.69) is 10.6 Å². The number of rotatable bonds is 9. The second-order valence-electron chi connectivity index (χ2n) is 9.33. The summed E-state index contributed by atoms with van der Waals surface area (Å²) in [6, 6.07) is 22.7. The minimum absolute atomic E-state index is 0.0504. The van der Waals surface area contributed by atoms with Gasteiger partial charge in [-0.25, -0.2) is 4.79 Å². The van der Waals surface area contributed by atoms with Crippen molar-refractivity contribution in [1.82, 2.24) is 9.80 Å². The Balaban J connectivity index is 1.63. The molecule has 0 saturated carbocycles. The Morgan fingerprint density at radius 2 is 1.63 bits per heavy atom. The third-order valence-electron chi connectivity index (χ3n) is 6.17. The Kier molecular flexibility index (Phi) is 8.23. The molecule has 3 aromatic rings. The van der Waals surface area contributed by atoms with E-state index in [4.69, 9.17) is 4.74 Å². The van der Waals surface area contributed by atoms with E-state index in [0.29, 0.717) is 41.2 Å². The Bertz CT molecular complexity index is 1360. The third kappa shape index (κ3) is 6.10. The van der Waals surface area contributed by atoms with Crippen molar-refractivity contribution in [3.05, 3.63) is 95.1 Å². The monoisotopic (exact) mass is 512 g/mol. The second kappa shape index (κ2) is 11.7. The highest BCUT2D eigenvalue weighted by Crippen LogP contribution is 2.38. The summed E-state index contributed by atoms with van der Waals surface area (Å²) < 4.78 is 5.10. The molecule has 1 aliphatic rings. The Hall–Kier alpha value is -4.43. The zero-order chi connectivity index (χ0) is 27.2. The van der Waals surface area contributed by atoms with E-state index in [1.807, 2.05) is 66.5 Å². The van der Waals surface area contributed by atoms with Crippen molar-refractivity contribution < 1.29 is 19.1 Å². The minimum atomic E-state index is -0.430. The molecule has 0 saturated heterocycles. The number of carbonyl (C=O) groups is 3. The van der Waals surface area contributed by atoms with Crippen molar-refractivity contribution >= 4 is 40.4 Å². The first-order valence-corrected chi connectivity index (χ1v) is 12.4. The van der Waals surface area contributed by atoms with Gasteiger partial charge in [0, 0.05) is 31.9 Å².